The van der Waals surface area contributed by atoms with Gasteiger partial charge in [0.1, 0.15) is 0 Å². The van der Waals surface area contributed by atoms with Crippen LogP contribution >= 0.6 is 0 Å². The Morgan fingerprint density at radius 2 is 2.21 bits per heavy atom. The summed E-state index contributed by atoms with van der Waals surface area (Å²) in [4.78, 5) is 29.2. The lowest BCUT2D eigenvalue weighted by Crippen LogP contribution is -2.12. The minimum absolute atomic E-state index is 0.0837. The van der Waals surface area contributed by atoms with Gasteiger partial charge in [-0.05, 0) is 6.07 Å². The summed E-state index contributed by atoms with van der Waals surface area (Å²) in [7, 11) is 1.25. The lowest BCUT2D eigenvalue weighted by Gasteiger charge is -2.01. The van der Waals surface area contributed by atoms with Gasteiger partial charge in [-0.2, -0.15) is 0 Å². The maximum atomic E-state index is 11.0. The van der Waals surface area contributed by atoms with E-state index in [1.54, 1.807) is 0 Å². The summed E-state index contributed by atoms with van der Waals surface area (Å²) in [6, 6.07) is 1.40. The van der Waals surface area contributed by atoms with Gasteiger partial charge in [0.25, 0.3) is 0 Å². The quantitative estimate of drug-likeness (QED) is 0.683. The number of carbonyl (C=O) groups excluding carboxylic acids is 2. The molecule has 0 fully saturated rings. The Bertz CT molecular complexity index is 365. The van der Waals surface area contributed by atoms with Crippen LogP contribution in [0.1, 0.15) is 17.4 Å². The normalized spacial score (nSPS) is 9.29. The molecule has 1 heterocycles. The van der Waals surface area contributed by atoms with Crippen LogP contribution in [0.15, 0.2) is 12.3 Å². The van der Waals surface area contributed by atoms with Gasteiger partial charge in [-0.25, -0.2) is 14.8 Å². The van der Waals surface area contributed by atoms with Gasteiger partial charge in [-0.1, -0.05) is 0 Å². The van der Waals surface area contributed by atoms with Crippen LogP contribution < -0.4 is 5.32 Å². The van der Waals surface area contributed by atoms with Crippen LogP contribution in [-0.2, 0) is 9.53 Å². The summed E-state index contributed by atoms with van der Waals surface area (Å²) in [5.41, 5.74) is 0.103. The van der Waals surface area contributed by atoms with E-state index in [0.717, 1.165) is 0 Å². The van der Waals surface area contributed by atoms with Crippen LogP contribution in [0.5, 0.6) is 0 Å². The molecule has 1 amide bonds. The van der Waals surface area contributed by atoms with E-state index >= 15 is 0 Å². The fourth-order valence-electron chi connectivity index (χ4n) is 0.795. The number of ether oxygens (including phenoxy) is 1. The predicted octanol–water partition coefficient (Wildman–Crippen LogP) is 0.222. The van der Waals surface area contributed by atoms with Gasteiger partial charge in [0.05, 0.1) is 7.11 Å². The van der Waals surface area contributed by atoms with Crippen LogP contribution in [-0.4, -0.2) is 29.0 Å². The summed E-state index contributed by atoms with van der Waals surface area (Å²) in [6.45, 7) is 1.33. The number of nitrogens with zero attached hydrogens (tertiary/aromatic N) is 2. The number of amides is 1. The highest BCUT2D eigenvalue weighted by Crippen LogP contribution is 2.01. The average molecular weight is 195 g/mol. The van der Waals surface area contributed by atoms with Crippen LogP contribution in [0, 0.1) is 0 Å². The number of aromatic nitrogens is 2. The molecular formula is C8H9N3O3. The molecule has 1 rings (SSSR count). The van der Waals surface area contributed by atoms with E-state index in [-0.39, 0.29) is 17.5 Å². The molecule has 0 bridgehead atoms. The molecule has 0 aliphatic rings. The monoisotopic (exact) mass is 195 g/mol. The first kappa shape index (κ1) is 10.1. The largest absolute Gasteiger partial charge is 0.464 e. The molecule has 1 N–H and O–H groups in total. The smallest absolute Gasteiger partial charge is 0.356 e. The Balaban J connectivity index is 2.89. The van der Waals surface area contributed by atoms with Crippen molar-refractivity contribution < 1.29 is 14.3 Å². The molecule has 14 heavy (non-hydrogen) atoms. The second-order valence-corrected chi connectivity index (χ2v) is 2.44. The molecule has 0 atom stereocenters. The average Bonchev–Trinajstić information content (AvgIpc) is 2.16. The van der Waals surface area contributed by atoms with Crippen LogP contribution in [0.4, 0.5) is 5.95 Å². The molecule has 1 aromatic rings. The molecular weight excluding hydrogens is 186 g/mol. The summed E-state index contributed by atoms with van der Waals surface area (Å²) in [6.07, 6.45) is 1.37. The molecule has 6 nitrogen and oxygen atoms in total. The van der Waals surface area contributed by atoms with Crippen LogP contribution in [0.3, 0.4) is 0 Å². The molecule has 1 aromatic heterocycles. The first-order valence-electron chi connectivity index (χ1n) is 3.82. The third-order valence-electron chi connectivity index (χ3n) is 1.34. The molecule has 0 aromatic carbocycles. The molecule has 0 aliphatic heterocycles. The highest BCUT2D eigenvalue weighted by Gasteiger charge is 2.08. The molecule has 0 unspecified atom stereocenters. The van der Waals surface area contributed by atoms with Crippen molar-refractivity contribution in [3.05, 3.63) is 18.0 Å². The van der Waals surface area contributed by atoms with Gasteiger partial charge >= 0.3 is 5.97 Å². The molecule has 0 radical (unpaired) electrons. The third-order valence-corrected chi connectivity index (χ3v) is 1.34. The number of nitrogens with one attached hydrogen (secondary N) is 1. The second kappa shape index (κ2) is 4.31. The fraction of sp³-hybridized carbons (Fsp3) is 0.250. The number of anilines is 1. The van der Waals surface area contributed by atoms with Crippen molar-refractivity contribution in [3.63, 3.8) is 0 Å². The SMILES string of the molecule is COC(=O)c1ccnc(NC(C)=O)n1. The zero-order valence-corrected chi connectivity index (χ0v) is 7.77. The van der Waals surface area contributed by atoms with E-state index in [4.69, 9.17) is 0 Å². The highest BCUT2D eigenvalue weighted by molar-refractivity contribution is 5.89. The van der Waals surface area contributed by atoms with E-state index in [1.807, 2.05) is 0 Å². The maximum absolute atomic E-state index is 11.0. The second-order valence-electron chi connectivity index (χ2n) is 2.44. The van der Waals surface area contributed by atoms with Crippen molar-refractivity contribution in [1.29, 1.82) is 0 Å². The first-order valence-corrected chi connectivity index (χ1v) is 3.82. The number of hydrogen-bond donors (Lipinski definition) is 1. The Labute approximate surface area is 80.3 Å². The van der Waals surface area contributed by atoms with E-state index in [1.165, 1.54) is 26.3 Å². The molecule has 74 valence electrons. The van der Waals surface area contributed by atoms with E-state index < -0.39 is 5.97 Å². The van der Waals surface area contributed by atoms with Gasteiger partial charge in [0.2, 0.25) is 11.9 Å². The van der Waals surface area contributed by atoms with Crippen LogP contribution in [0.25, 0.3) is 0 Å². The zero-order valence-electron chi connectivity index (χ0n) is 7.77. The zero-order chi connectivity index (χ0) is 10.6. The summed E-state index contributed by atoms with van der Waals surface area (Å²) in [5, 5.41) is 2.36. The lowest BCUT2D eigenvalue weighted by atomic mass is 10.4. The number of hydrogen-bond acceptors (Lipinski definition) is 5. The molecule has 0 spiro atoms. The number of carbonyl (C=O) groups is 2. The standard InChI is InChI=1S/C8H9N3O3/c1-5(12)10-8-9-4-3-6(11-8)7(13)14-2/h3-4H,1-2H3,(H,9,10,11,12). The fourth-order valence-corrected chi connectivity index (χ4v) is 0.795. The number of esters is 1. The van der Waals surface area contributed by atoms with Gasteiger partial charge in [0, 0.05) is 13.1 Å². The molecule has 6 heteroatoms. The summed E-state index contributed by atoms with van der Waals surface area (Å²) < 4.78 is 4.45. The van der Waals surface area contributed by atoms with E-state index in [9.17, 15) is 9.59 Å². The van der Waals surface area contributed by atoms with Gasteiger partial charge < -0.3 is 4.74 Å². The minimum Gasteiger partial charge on any atom is -0.464 e. The van der Waals surface area contributed by atoms with Gasteiger partial charge in [-0.15, -0.1) is 0 Å². The molecule has 0 saturated carbocycles. The Morgan fingerprint density at radius 1 is 1.50 bits per heavy atom. The van der Waals surface area contributed by atoms with Gasteiger partial charge in [0.15, 0.2) is 5.69 Å². The highest BCUT2D eigenvalue weighted by atomic mass is 16.5. The summed E-state index contributed by atoms with van der Waals surface area (Å²) >= 11 is 0. The van der Waals surface area contributed by atoms with E-state index in [2.05, 4.69) is 20.0 Å². The van der Waals surface area contributed by atoms with Crippen molar-refractivity contribution in [3.8, 4) is 0 Å². The minimum atomic E-state index is -0.570. The van der Waals surface area contributed by atoms with Crippen molar-refractivity contribution in [1.82, 2.24) is 9.97 Å². The Kier molecular flexibility index (Phi) is 3.11. The maximum Gasteiger partial charge on any atom is 0.356 e. The van der Waals surface area contributed by atoms with Crippen molar-refractivity contribution in [2.45, 2.75) is 6.92 Å². The van der Waals surface area contributed by atoms with Crippen molar-refractivity contribution in [2.24, 2.45) is 0 Å². The first-order chi connectivity index (χ1) is 6.63. The molecule has 0 aliphatic carbocycles. The predicted molar refractivity (Wildman–Crippen MR) is 47.7 cm³/mol. The molecule has 0 saturated heterocycles. The lowest BCUT2D eigenvalue weighted by molar-refractivity contribution is -0.114. The summed E-state index contributed by atoms with van der Waals surface area (Å²) in [5.74, 6) is -0.786. The Morgan fingerprint density at radius 3 is 2.79 bits per heavy atom. The number of methoxy groups -OCH3 is 1. The third kappa shape index (κ3) is 2.51. The van der Waals surface area contributed by atoms with Crippen LogP contribution in [0.2, 0.25) is 0 Å². The Hall–Kier alpha value is -1.98. The van der Waals surface area contributed by atoms with Gasteiger partial charge in [-0.3, -0.25) is 10.1 Å². The number of rotatable bonds is 2. The van der Waals surface area contributed by atoms with Crippen molar-refractivity contribution in [2.75, 3.05) is 12.4 Å². The topological polar surface area (TPSA) is 81.2 Å². The van der Waals surface area contributed by atoms with E-state index in [0.29, 0.717) is 0 Å². The van der Waals surface area contributed by atoms with Crippen molar-refractivity contribution >= 4 is 17.8 Å².